The monoisotopic (exact) mass is 243 g/mol. The number of nitrogens with one attached hydrogen (secondary N) is 1. The largest absolute Gasteiger partial charge is 0.417 e. The third-order valence-corrected chi connectivity index (χ3v) is 1.67. The minimum absolute atomic E-state index is 0. The third-order valence-electron chi connectivity index (χ3n) is 1.47. The van der Waals surface area contributed by atoms with Gasteiger partial charge in [-0.15, -0.1) is 12.4 Å². The van der Waals surface area contributed by atoms with Gasteiger partial charge in [0.15, 0.2) is 0 Å². The van der Waals surface area contributed by atoms with Crippen LogP contribution in [-0.4, -0.2) is 5.17 Å². The first-order chi connectivity index (χ1) is 5.93. The Labute approximate surface area is 89.8 Å². The van der Waals surface area contributed by atoms with Crippen molar-refractivity contribution in [3.05, 3.63) is 35.4 Å². The highest BCUT2D eigenvalue weighted by molar-refractivity contribution is 6.68. The molecule has 0 aliphatic carbocycles. The molecular formula is C8H6Cl2F3N. The number of rotatable bonds is 1. The fraction of sp³-hybridized carbons (Fsp3) is 0.125. The minimum atomic E-state index is -4.46. The van der Waals surface area contributed by atoms with Crippen molar-refractivity contribution in [2.24, 2.45) is 0 Å². The molecule has 0 spiro atoms. The molecule has 6 heteroatoms. The lowest BCUT2D eigenvalue weighted by Gasteiger charge is -2.09. The number of hydrogen-bond donors (Lipinski definition) is 1. The predicted octanol–water partition coefficient (Wildman–Crippen LogP) is 3.69. The van der Waals surface area contributed by atoms with Gasteiger partial charge in [-0.25, -0.2) is 0 Å². The summed E-state index contributed by atoms with van der Waals surface area (Å²) in [5.74, 6) is 0. The van der Waals surface area contributed by atoms with Crippen LogP contribution in [0.1, 0.15) is 11.1 Å². The molecule has 0 saturated carbocycles. The van der Waals surface area contributed by atoms with Crippen molar-refractivity contribution in [1.82, 2.24) is 0 Å². The lowest BCUT2D eigenvalue weighted by atomic mass is 10.1. The van der Waals surface area contributed by atoms with Crippen LogP contribution in [0.15, 0.2) is 24.3 Å². The smallest absolute Gasteiger partial charge is 0.289 e. The summed E-state index contributed by atoms with van der Waals surface area (Å²) in [6, 6.07) is 4.72. The van der Waals surface area contributed by atoms with Crippen LogP contribution in [0.2, 0.25) is 0 Å². The van der Waals surface area contributed by atoms with Gasteiger partial charge < -0.3 is 0 Å². The Hall–Kier alpha value is -0.740. The zero-order valence-corrected chi connectivity index (χ0v) is 8.30. The molecule has 0 heterocycles. The average Bonchev–Trinajstić information content (AvgIpc) is 2.03. The number of halogens is 5. The van der Waals surface area contributed by atoms with E-state index in [0.29, 0.717) is 0 Å². The van der Waals surface area contributed by atoms with Crippen molar-refractivity contribution in [2.45, 2.75) is 6.18 Å². The Morgan fingerprint density at radius 1 is 1.21 bits per heavy atom. The van der Waals surface area contributed by atoms with E-state index in [9.17, 15) is 13.2 Å². The van der Waals surface area contributed by atoms with E-state index in [1.165, 1.54) is 12.1 Å². The normalized spacial score (nSPS) is 10.6. The number of alkyl halides is 3. The summed E-state index contributed by atoms with van der Waals surface area (Å²) in [6.07, 6.45) is -4.46. The number of benzene rings is 1. The van der Waals surface area contributed by atoms with Crippen LogP contribution >= 0.6 is 24.0 Å². The Balaban J connectivity index is 0.00000169. The van der Waals surface area contributed by atoms with Gasteiger partial charge in [0.05, 0.1) is 5.56 Å². The van der Waals surface area contributed by atoms with Crippen LogP contribution in [0.25, 0.3) is 0 Å². The van der Waals surface area contributed by atoms with E-state index in [4.69, 9.17) is 17.0 Å². The van der Waals surface area contributed by atoms with Crippen molar-refractivity contribution in [3.63, 3.8) is 0 Å². The topological polar surface area (TPSA) is 23.9 Å². The maximum absolute atomic E-state index is 12.3. The maximum Gasteiger partial charge on any atom is 0.417 e. The molecule has 78 valence electrons. The number of hydrogen-bond acceptors (Lipinski definition) is 1. The molecule has 0 atom stereocenters. The average molecular weight is 244 g/mol. The van der Waals surface area contributed by atoms with Crippen LogP contribution in [0.4, 0.5) is 13.2 Å². The van der Waals surface area contributed by atoms with Crippen LogP contribution < -0.4 is 0 Å². The molecule has 0 aliphatic rings. The second-order valence-electron chi connectivity index (χ2n) is 2.36. The van der Waals surface area contributed by atoms with Gasteiger partial charge in [0.2, 0.25) is 0 Å². The third kappa shape index (κ3) is 2.89. The standard InChI is InChI=1S/C8H5ClF3N.ClH/c9-7(13)5-3-1-2-4-6(5)8(10,11)12;/h1-4,13H;1H. The molecule has 0 bridgehead atoms. The van der Waals surface area contributed by atoms with E-state index in [1.54, 1.807) is 0 Å². The van der Waals surface area contributed by atoms with Gasteiger partial charge in [-0.1, -0.05) is 29.8 Å². The van der Waals surface area contributed by atoms with Gasteiger partial charge in [-0.2, -0.15) is 13.2 Å². The van der Waals surface area contributed by atoms with Crippen molar-refractivity contribution >= 4 is 29.2 Å². The molecule has 0 unspecified atom stereocenters. The first-order valence-corrected chi connectivity index (χ1v) is 3.71. The molecule has 0 saturated heterocycles. The summed E-state index contributed by atoms with van der Waals surface area (Å²) in [5.41, 5.74) is -1.17. The van der Waals surface area contributed by atoms with Crippen LogP contribution in [0.3, 0.4) is 0 Å². The highest BCUT2D eigenvalue weighted by Gasteiger charge is 2.33. The lowest BCUT2D eigenvalue weighted by Crippen LogP contribution is -2.10. The van der Waals surface area contributed by atoms with Crippen molar-refractivity contribution in [2.75, 3.05) is 0 Å². The van der Waals surface area contributed by atoms with Gasteiger partial charge in [0.25, 0.3) is 0 Å². The molecule has 0 aromatic heterocycles. The molecule has 0 amide bonds. The van der Waals surface area contributed by atoms with Crippen molar-refractivity contribution < 1.29 is 13.2 Å². The fourth-order valence-corrected chi connectivity index (χ4v) is 1.09. The van der Waals surface area contributed by atoms with Gasteiger partial charge in [-0.05, 0) is 6.07 Å². The van der Waals surface area contributed by atoms with E-state index < -0.39 is 16.9 Å². The molecule has 0 fully saturated rings. The molecular weight excluding hydrogens is 238 g/mol. The molecule has 1 nitrogen and oxygen atoms in total. The summed E-state index contributed by atoms with van der Waals surface area (Å²) < 4.78 is 36.8. The van der Waals surface area contributed by atoms with E-state index in [0.717, 1.165) is 12.1 Å². The molecule has 1 N–H and O–H groups in total. The predicted molar refractivity (Wildman–Crippen MR) is 51.4 cm³/mol. The van der Waals surface area contributed by atoms with Gasteiger partial charge in [-0.3, -0.25) is 5.41 Å². The van der Waals surface area contributed by atoms with Crippen LogP contribution in [0, 0.1) is 5.41 Å². The van der Waals surface area contributed by atoms with E-state index in [1.807, 2.05) is 0 Å². The lowest BCUT2D eigenvalue weighted by molar-refractivity contribution is -0.137. The van der Waals surface area contributed by atoms with E-state index >= 15 is 0 Å². The summed E-state index contributed by atoms with van der Waals surface area (Å²) in [6.45, 7) is 0. The Morgan fingerprint density at radius 3 is 2.07 bits per heavy atom. The summed E-state index contributed by atoms with van der Waals surface area (Å²) >= 11 is 5.20. The SMILES string of the molecule is Cl.N=C(Cl)c1ccccc1C(F)(F)F. The Bertz CT molecular complexity index is 336. The fourth-order valence-electron chi connectivity index (χ4n) is 0.922. The van der Waals surface area contributed by atoms with Crippen LogP contribution in [-0.2, 0) is 6.18 Å². The van der Waals surface area contributed by atoms with Gasteiger partial charge in [0.1, 0.15) is 5.17 Å². The summed E-state index contributed by atoms with van der Waals surface area (Å²) in [4.78, 5) is 0. The molecule has 1 rings (SSSR count). The molecule has 1 aromatic rings. The second kappa shape index (κ2) is 4.66. The molecule has 0 aliphatic heterocycles. The maximum atomic E-state index is 12.3. The first kappa shape index (κ1) is 13.3. The first-order valence-electron chi connectivity index (χ1n) is 3.33. The molecule has 0 radical (unpaired) electrons. The Kier molecular flexibility index (Phi) is 4.42. The molecule has 1 aromatic carbocycles. The zero-order valence-electron chi connectivity index (χ0n) is 6.73. The van der Waals surface area contributed by atoms with Gasteiger partial charge >= 0.3 is 6.18 Å². The highest BCUT2D eigenvalue weighted by Crippen LogP contribution is 2.32. The van der Waals surface area contributed by atoms with Crippen molar-refractivity contribution in [3.8, 4) is 0 Å². The summed E-state index contributed by atoms with van der Waals surface area (Å²) in [7, 11) is 0. The van der Waals surface area contributed by atoms with Crippen molar-refractivity contribution in [1.29, 1.82) is 5.41 Å². The second-order valence-corrected chi connectivity index (χ2v) is 2.74. The van der Waals surface area contributed by atoms with E-state index in [2.05, 4.69) is 0 Å². The van der Waals surface area contributed by atoms with Crippen LogP contribution in [0.5, 0.6) is 0 Å². The minimum Gasteiger partial charge on any atom is -0.289 e. The molecule has 14 heavy (non-hydrogen) atoms. The van der Waals surface area contributed by atoms with Gasteiger partial charge in [0, 0.05) is 5.56 Å². The summed E-state index contributed by atoms with van der Waals surface area (Å²) in [5, 5.41) is 6.32. The zero-order chi connectivity index (χ0) is 10.1. The quantitative estimate of drug-likeness (QED) is 0.728. The Morgan fingerprint density at radius 2 is 1.71 bits per heavy atom. The van der Waals surface area contributed by atoms with E-state index in [-0.39, 0.29) is 18.0 Å². The highest BCUT2D eigenvalue weighted by atomic mass is 35.5.